The maximum Gasteiger partial charge on any atom is 0.335 e. The Balaban J connectivity index is 2.67. The molecular formula is C10H10F2N2O4. The third-order valence-electron chi connectivity index (χ3n) is 1.95. The molecule has 1 atom stereocenters. The topological polar surface area (TPSA) is 88.5 Å². The van der Waals surface area contributed by atoms with Gasteiger partial charge in [-0.2, -0.15) is 0 Å². The van der Waals surface area contributed by atoms with Crippen LogP contribution in [0.2, 0.25) is 0 Å². The lowest BCUT2D eigenvalue weighted by Gasteiger charge is -2.09. The number of pyridine rings is 1. The summed E-state index contributed by atoms with van der Waals surface area (Å²) < 4.78 is 24.7. The molecule has 0 aliphatic carbocycles. The number of hydrogen-bond donors (Lipinski definition) is 2. The first-order chi connectivity index (χ1) is 8.41. The molecule has 0 spiro atoms. The molecule has 0 unspecified atom stereocenters. The zero-order valence-corrected chi connectivity index (χ0v) is 9.26. The van der Waals surface area contributed by atoms with Crippen LogP contribution in [-0.2, 0) is 9.63 Å². The maximum atomic E-state index is 12.3. The second kappa shape index (κ2) is 6.01. The van der Waals surface area contributed by atoms with E-state index in [1.165, 1.54) is 6.92 Å². The number of alkyl halides is 2. The molecule has 98 valence electrons. The van der Waals surface area contributed by atoms with Gasteiger partial charge in [-0.25, -0.2) is 19.1 Å². The zero-order valence-electron chi connectivity index (χ0n) is 9.26. The molecule has 0 aliphatic heterocycles. The highest BCUT2D eigenvalue weighted by Crippen LogP contribution is 2.18. The van der Waals surface area contributed by atoms with Crippen LogP contribution in [0, 0.1) is 0 Å². The Kier molecular flexibility index (Phi) is 4.67. The summed E-state index contributed by atoms with van der Waals surface area (Å²) in [6.07, 6.45) is -2.00. The summed E-state index contributed by atoms with van der Waals surface area (Å²) in [7, 11) is 0. The molecule has 1 amide bonds. The number of rotatable bonds is 5. The first-order valence-corrected chi connectivity index (χ1v) is 4.83. The smallest absolute Gasteiger partial charge is 0.335 e. The van der Waals surface area contributed by atoms with Gasteiger partial charge in [0.25, 0.3) is 12.3 Å². The van der Waals surface area contributed by atoms with Crippen molar-refractivity contribution in [3.63, 3.8) is 0 Å². The number of aliphatic carboxylic acids is 1. The fourth-order valence-corrected chi connectivity index (χ4v) is 0.952. The van der Waals surface area contributed by atoms with E-state index in [4.69, 9.17) is 5.11 Å². The van der Waals surface area contributed by atoms with Crippen LogP contribution < -0.4 is 5.48 Å². The number of carboxylic acid groups (broad SMARTS) is 1. The van der Waals surface area contributed by atoms with E-state index in [9.17, 15) is 18.4 Å². The molecule has 0 saturated heterocycles. The predicted molar refractivity (Wildman–Crippen MR) is 54.8 cm³/mol. The second-order valence-corrected chi connectivity index (χ2v) is 3.34. The van der Waals surface area contributed by atoms with Crippen LogP contribution in [-0.4, -0.2) is 28.1 Å². The molecular weight excluding hydrogens is 250 g/mol. The van der Waals surface area contributed by atoms with Crippen molar-refractivity contribution in [1.29, 1.82) is 0 Å². The first kappa shape index (κ1) is 14.0. The average molecular weight is 260 g/mol. The van der Waals surface area contributed by atoms with Crippen molar-refractivity contribution in [2.24, 2.45) is 0 Å². The van der Waals surface area contributed by atoms with Gasteiger partial charge in [-0.05, 0) is 13.0 Å². The van der Waals surface area contributed by atoms with Crippen molar-refractivity contribution in [1.82, 2.24) is 10.5 Å². The Morgan fingerprint density at radius 2 is 2.11 bits per heavy atom. The van der Waals surface area contributed by atoms with E-state index >= 15 is 0 Å². The number of carbonyl (C=O) groups is 2. The molecule has 1 aromatic rings. The van der Waals surface area contributed by atoms with Gasteiger partial charge in [0.15, 0.2) is 6.10 Å². The highest BCUT2D eigenvalue weighted by Gasteiger charge is 2.16. The third-order valence-corrected chi connectivity index (χ3v) is 1.95. The van der Waals surface area contributed by atoms with Gasteiger partial charge in [0.1, 0.15) is 0 Å². The van der Waals surface area contributed by atoms with Crippen molar-refractivity contribution in [2.75, 3.05) is 0 Å². The molecule has 0 bridgehead atoms. The Morgan fingerprint density at radius 1 is 1.44 bits per heavy atom. The molecule has 0 aromatic carbocycles. The Bertz CT molecular complexity index is 453. The van der Waals surface area contributed by atoms with Crippen LogP contribution >= 0.6 is 0 Å². The molecule has 1 heterocycles. The highest BCUT2D eigenvalue weighted by molar-refractivity contribution is 5.93. The van der Waals surface area contributed by atoms with Gasteiger partial charge in [0, 0.05) is 18.0 Å². The standard InChI is InChI=1S/C10H10F2N2O4/c1-5(10(16)17)18-14-9(15)7-2-6(8(11)12)3-13-4-7/h2-5,8H,1H3,(H,14,15)(H,16,17)/t5-/m0/s1. The number of aromatic nitrogens is 1. The van der Waals surface area contributed by atoms with Gasteiger partial charge < -0.3 is 5.11 Å². The highest BCUT2D eigenvalue weighted by atomic mass is 19.3. The van der Waals surface area contributed by atoms with Gasteiger partial charge in [-0.3, -0.25) is 14.6 Å². The number of halogens is 2. The van der Waals surface area contributed by atoms with E-state index in [0.29, 0.717) is 0 Å². The fraction of sp³-hybridized carbons (Fsp3) is 0.300. The molecule has 8 heteroatoms. The molecule has 0 aliphatic rings. The maximum absolute atomic E-state index is 12.3. The van der Waals surface area contributed by atoms with E-state index < -0.39 is 30.0 Å². The van der Waals surface area contributed by atoms with Crippen LogP contribution in [0.15, 0.2) is 18.5 Å². The zero-order chi connectivity index (χ0) is 13.7. The molecule has 0 fully saturated rings. The lowest BCUT2D eigenvalue weighted by atomic mass is 10.2. The van der Waals surface area contributed by atoms with Gasteiger partial charge >= 0.3 is 5.97 Å². The normalized spacial score (nSPS) is 12.2. The monoisotopic (exact) mass is 260 g/mol. The average Bonchev–Trinajstić information content (AvgIpc) is 2.35. The molecule has 0 radical (unpaired) electrons. The van der Waals surface area contributed by atoms with Crippen molar-refractivity contribution in [3.05, 3.63) is 29.6 Å². The van der Waals surface area contributed by atoms with Crippen LogP contribution in [0.1, 0.15) is 29.3 Å². The Morgan fingerprint density at radius 3 is 2.67 bits per heavy atom. The summed E-state index contributed by atoms with van der Waals surface area (Å²) in [5.74, 6) is -2.12. The molecule has 1 aromatic heterocycles. The van der Waals surface area contributed by atoms with E-state index in [0.717, 1.165) is 18.5 Å². The second-order valence-electron chi connectivity index (χ2n) is 3.34. The minimum atomic E-state index is -2.75. The van der Waals surface area contributed by atoms with Crippen molar-refractivity contribution in [3.8, 4) is 0 Å². The SMILES string of the molecule is C[C@H](ONC(=O)c1cncc(C(F)F)c1)C(=O)O. The molecule has 1 rings (SSSR count). The summed E-state index contributed by atoms with van der Waals surface area (Å²) in [6, 6.07) is 0.946. The summed E-state index contributed by atoms with van der Waals surface area (Å²) in [5, 5.41) is 8.49. The number of nitrogens with one attached hydrogen (secondary N) is 1. The molecule has 0 saturated carbocycles. The fourth-order valence-electron chi connectivity index (χ4n) is 0.952. The first-order valence-electron chi connectivity index (χ1n) is 4.83. The van der Waals surface area contributed by atoms with E-state index in [-0.39, 0.29) is 5.56 Å². The summed E-state index contributed by atoms with van der Waals surface area (Å²) >= 11 is 0. The van der Waals surface area contributed by atoms with Crippen LogP contribution in [0.5, 0.6) is 0 Å². The number of amides is 1. The summed E-state index contributed by atoms with van der Waals surface area (Å²) in [6.45, 7) is 1.20. The van der Waals surface area contributed by atoms with Crippen LogP contribution in [0.4, 0.5) is 8.78 Å². The lowest BCUT2D eigenvalue weighted by molar-refractivity contribution is -0.152. The predicted octanol–water partition coefficient (Wildman–Crippen LogP) is 1.15. The van der Waals surface area contributed by atoms with Gasteiger partial charge in [0.05, 0.1) is 5.56 Å². The molecule has 18 heavy (non-hydrogen) atoms. The van der Waals surface area contributed by atoms with Crippen LogP contribution in [0.25, 0.3) is 0 Å². The third kappa shape index (κ3) is 3.74. The van der Waals surface area contributed by atoms with E-state index in [2.05, 4.69) is 9.82 Å². The Hall–Kier alpha value is -2.09. The largest absolute Gasteiger partial charge is 0.479 e. The lowest BCUT2D eigenvalue weighted by Crippen LogP contribution is -2.32. The van der Waals surface area contributed by atoms with Gasteiger partial charge in [-0.1, -0.05) is 0 Å². The number of hydroxylamine groups is 1. The Labute approximate surface area is 101 Å². The van der Waals surface area contributed by atoms with Crippen molar-refractivity contribution >= 4 is 11.9 Å². The quantitative estimate of drug-likeness (QED) is 0.775. The minimum absolute atomic E-state index is 0.148. The summed E-state index contributed by atoms with van der Waals surface area (Å²) in [4.78, 5) is 29.8. The number of carbonyl (C=O) groups excluding carboxylic acids is 1. The van der Waals surface area contributed by atoms with Crippen molar-refractivity contribution < 1.29 is 28.3 Å². The minimum Gasteiger partial charge on any atom is -0.479 e. The van der Waals surface area contributed by atoms with Crippen molar-refractivity contribution in [2.45, 2.75) is 19.5 Å². The van der Waals surface area contributed by atoms with E-state index in [1.807, 2.05) is 5.48 Å². The summed E-state index contributed by atoms with van der Waals surface area (Å²) in [5.41, 5.74) is 1.29. The van der Waals surface area contributed by atoms with Crippen LogP contribution in [0.3, 0.4) is 0 Å². The van der Waals surface area contributed by atoms with E-state index in [1.54, 1.807) is 0 Å². The molecule has 2 N–H and O–H groups in total. The van der Waals surface area contributed by atoms with Gasteiger partial charge in [0.2, 0.25) is 0 Å². The number of nitrogens with zero attached hydrogens (tertiary/aromatic N) is 1. The molecule has 6 nitrogen and oxygen atoms in total. The number of hydrogen-bond acceptors (Lipinski definition) is 4. The number of carboxylic acids is 1. The van der Waals surface area contributed by atoms with Gasteiger partial charge in [-0.15, -0.1) is 0 Å².